The Bertz CT molecular complexity index is 628. The molecule has 1 saturated heterocycles. The highest BCUT2D eigenvalue weighted by atomic mass is 16.5. The molecule has 1 aliphatic heterocycles. The molecule has 0 aliphatic carbocycles. The highest BCUT2D eigenvalue weighted by Crippen LogP contribution is 2.32. The summed E-state index contributed by atoms with van der Waals surface area (Å²) in [5.74, 6) is 1.09. The Hall–Kier alpha value is -2.15. The van der Waals surface area contributed by atoms with E-state index in [-0.39, 0.29) is 12.1 Å². The smallest absolute Gasteiger partial charge is 0.226 e. The molecule has 1 N–H and O–H groups in total. The highest BCUT2D eigenvalue weighted by Gasteiger charge is 2.32. The average molecular weight is 289 g/mol. The summed E-state index contributed by atoms with van der Waals surface area (Å²) in [4.78, 5) is 8.52. The molecule has 0 saturated carbocycles. The van der Waals surface area contributed by atoms with E-state index in [1.807, 2.05) is 24.9 Å². The van der Waals surface area contributed by atoms with Crippen molar-refractivity contribution >= 4 is 5.95 Å². The number of nitrogens with zero attached hydrogens (tertiary/aromatic N) is 4. The lowest BCUT2D eigenvalue weighted by molar-refractivity contribution is 0.107. The standard InChI is InChI=1S/C14H19N5O2/c1-9-10(8-19(2)18-9)13-11(5-7-21-13)16-14-15-6-4-12(17-14)20-3/h4,6,8,11,13H,5,7H2,1-3H3,(H,15,16,17)/t11-,13+/m0/s1. The van der Waals surface area contributed by atoms with Crippen LogP contribution in [0.2, 0.25) is 0 Å². The van der Waals surface area contributed by atoms with Gasteiger partial charge in [-0.2, -0.15) is 10.1 Å². The third-order valence-electron chi connectivity index (χ3n) is 3.60. The maximum atomic E-state index is 5.87. The van der Waals surface area contributed by atoms with Gasteiger partial charge in [0, 0.05) is 37.7 Å². The number of hydrogen-bond acceptors (Lipinski definition) is 6. The lowest BCUT2D eigenvalue weighted by atomic mass is 10.0. The van der Waals surface area contributed by atoms with E-state index in [2.05, 4.69) is 20.4 Å². The van der Waals surface area contributed by atoms with Gasteiger partial charge in [-0.25, -0.2) is 4.98 Å². The first-order valence-electron chi connectivity index (χ1n) is 6.92. The van der Waals surface area contributed by atoms with Crippen molar-refractivity contribution in [1.82, 2.24) is 19.7 Å². The zero-order chi connectivity index (χ0) is 14.8. The van der Waals surface area contributed by atoms with Gasteiger partial charge in [0.15, 0.2) is 0 Å². The predicted molar refractivity (Wildman–Crippen MR) is 77.2 cm³/mol. The number of methoxy groups -OCH3 is 1. The minimum Gasteiger partial charge on any atom is -0.481 e. The Labute approximate surface area is 123 Å². The lowest BCUT2D eigenvalue weighted by Crippen LogP contribution is -2.24. The van der Waals surface area contributed by atoms with Crippen molar-refractivity contribution in [3.8, 4) is 5.88 Å². The molecule has 2 aromatic rings. The predicted octanol–water partition coefficient (Wildman–Crippen LogP) is 1.47. The number of hydrogen-bond donors (Lipinski definition) is 1. The van der Waals surface area contributed by atoms with E-state index in [0.29, 0.717) is 18.4 Å². The molecule has 0 bridgehead atoms. The summed E-state index contributed by atoms with van der Waals surface area (Å²) < 4.78 is 12.8. The number of nitrogens with one attached hydrogen (secondary N) is 1. The molecular formula is C14H19N5O2. The molecule has 0 spiro atoms. The molecule has 1 fully saturated rings. The first-order chi connectivity index (χ1) is 10.2. The van der Waals surface area contributed by atoms with Crippen LogP contribution in [0, 0.1) is 6.92 Å². The van der Waals surface area contributed by atoms with Crippen molar-refractivity contribution in [2.75, 3.05) is 19.0 Å². The molecule has 7 nitrogen and oxygen atoms in total. The molecule has 2 atom stereocenters. The molecule has 7 heteroatoms. The molecule has 0 aromatic carbocycles. The Morgan fingerprint density at radius 1 is 1.48 bits per heavy atom. The quantitative estimate of drug-likeness (QED) is 0.918. The number of aromatic nitrogens is 4. The van der Waals surface area contributed by atoms with Crippen LogP contribution in [0.5, 0.6) is 5.88 Å². The van der Waals surface area contributed by atoms with Crippen LogP contribution in [-0.4, -0.2) is 39.5 Å². The van der Waals surface area contributed by atoms with E-state index in [1.54, 1.807) is 19.4 Å². The largest absolute Gasteiger partial charge is 0.481 e. The first kappa shape index (κ1) is 13.8. The summed E-state index contributed by atoms with van der Waals surface area (Å²) in [5.41, 5.74) is 2.10. The van der Waals surface area contributed by atoms with Gasteiger partial charge in [-0.1, -0.05) is 0 Å². The second-order valence-electron chi connectivity index (χ2n) is 5.10. The van der Waals surface area contributed by atoms with E-state index < -0.39 is 0 Å². The second-order valence-corrected chi connectivity index (χ2v) is 5.10. The highest BCUT2D eigenvalue weighted by molar-refractivity contribution is 5.32. The summed E-state index contributed by atoms with van der Waals surface area (Å²) in [6.07, 6.45) is 4.55. The zero-order valence-corrected chi connectivity index (χ0v) is 12.4. The second kappa shape index (κ2) is 5.69. The number of rotatable bonds is 4. The minimum absolute atomic E-state index is 0.0338. The van der Waals surface area contributed by atoms with Gasteiger partial charge < -0.3 is 14.8 Å². The van der Waals surface area contributed by atoms with Crippen LogP contribution in [0.25, 0.3) is 0 Å². The van der Waals surface area contributed by atoms with Gasteiger partial charge >= 0.3 is 0 Å². The monoisotopic (exact) mass is 289 g/mol. The third-order valence-corrected chi connectivity index (χ3v) is 3.60. The van der Waals surface area contributed by atoms with Crippen molar-refractivity contribution in [1.29, 1.82) is 0 Å². The molecule has 0 unspecified atom stereocenters. The van der Waals surface area contributed by atoms with Crippen molar-refractivity contribution in [2.45, 2.75) is 25.5 Å². The average Bonchev–Trinajstić information content (AvgIpc) is 3.05. The Morgan fingerprint density at radius 2 is 2.33 bits per heavy atom. The van der Waals surface area contributed by atoms with Crippen molar-refractivity contribution in [2.24, 2.45) is 7.05 Å². The van der Waals surface area contributed by atoms with Crippen LogP contribution >= 0.6 is 0 Å². The summed E-state index contributed by atoms with van der Waals surface area (Å²) in [6.45, 7) is 2.71. The van der Waals surface area contributed by atoms with E-state index in [4.69, 9.17) is 9.47 Å². The summed E-state index contributed by atoms with van der Waals surface area (Å²) in [7, 11) is 3.51. The van der Waals surface area contributed by atoms with Crippen LogP contribution in [-0.2, 0) is 11.8 Å². The molecule has 3 rings (SSSR count). The van der Waals surface area contributed by atoms with Crippen molar-refractivity contribution < 1.29 is 9.47 Å². The topological polar surface area (TPSA) is 74.1 Å². The number of aryl methyl sites for hydroxylation is 2. The van der Waals surface area contributed by atoms with E-state index in [0.717, 1.165) is 17.7 Å². The van der Waals surface area contributed by atoms with Gasteiger partial charge in [0.1, 0.15) is 6.10 Å². The maximum absolute atomic E-state index is 5.87. The number of anilines is 1. The van der Waals surface area contributed by atoms with Crippen LogP contribution < -0.4 is 10.1 Å². The van der Waals surface area contributed by atoms with Crippen molar-refractivity contribution in [3.63, 3.8) is 0 Å². The maximum Gasteiger partial charge on any atom is 0.226 e. The molecule has 112 valence electrons. The molecule has 21 heavy (non-hydrogen) atoms. The van der Waals surface area contributed by atoms with Gasteiger partial charge in [0.05, 0.1) is 18.8 Å². The molecule has 3 heterocycles. The SMILES string of the molecule is COc1ccnc(N[C@H]2CCO[C@@H]2c2cn(C)nc2C)n1. The van der Waals surface area contributed by atoms with Gasteiger partial charge in [0.2, 0.25) is 11.8 Å². The summed E-state index contributed by atoms with van der Waals surface area (Å²) >= 11 is 0. The fraction of sp³-hybridized carbons (Fsp3) is 0.500. The van der Waals surface area contributed by atoms with Gasteiger partial charge in [-0.3, -0.25) is 4.68 Å². The van der Waals surface area contributed by atoms with E-state index in [9.17, 15) is 0 Å². The van der Waals surface area contributed by atoms with Gasteiger partial charge in [-0.15, -0.1) is 0 Å². The molecule has 0 amide bonds. The normalized spacial score (nSPS) is 21.5. The molecule has 2 aromatic heterocycles. The van der Waals surface area contributed by atoms with Crippen LogP contribution in [0.15, 0.2) is 18.5 Å². The fourth-order valence-corrected chi connectivity index (χ4v) is 2.63. The third kappa shape index (κ3) is 2.82. The zero-order valence-electron chi connectivity index (χ0n) is 12.4. The van der Waals surface area contributed by atoms with Gasteiger partial charge in [0.25, 0.3) is 0 Å². The number of ether oxygens (including phenoxy) is 2. The summed E-state index contributed by atoms with van der Waals surface area (Å²) in [5, 5.41) is 7.72. The van der Waals surface area contributed by atoms with Gasteiger partial charge in [-0.05, 0) is 13.3 Å². The van der Waals surface area contributed by atoms with Crippen molar-refractivity contribution in [3.05, 3.63) is 29.7 Å². The van der Waals surface area contributed by atoms with Crippen LogP contribution in [0.1, 0.15) is 23.8 Å². The molecule has 1 aliphatic rings. The lowest BCUT2D eigenvalue weighted by Gasteiger charge is -2.19. The molecular weight excluding hydrogens is 270 g/mol. The Balaban J connectivity index is 1.79. The minimum atomic E-state index is -0.0338. The Kier molecular flexibility index (Phi) is 3.74. The van der Waals surface area contributed by atoms with Crippen LogP contribution in [0.4, 0.5) is 5.95 Å². The van der Waals surface area contributed by atoms with E-state index >= 15 is 0 Å². The first-order valence-corrected chi connectivity index (χ1v) is 6.92. The fourth-order valence-electron chi connectivity index (χ4n) is 2.63. The Morgan fingerprint density at radius 3 is 3.05 bits per heavy atom. The summed E-state index contributed by atoms with van der Waals surface area (Å²) in [6, 6.07) is 1.85. The molecule has 0 radical (unpaired) electrons. The van der Waals surface area contributed by atoms with E-state index in [1.165, 1.54) is 0 Å². The van der Waals surface area contributed by atoms with Crippen LogP contribution in [0.3, 0.4) is 0 Å².